The van der Waals surface area contributed by atoms with Gasteiger partial charge in [-0.1, -0.05) is 0 Å². The van der Waals surface area contributed by atoms with Gasteiger partial charge in [0, 0.05) is 12.4 Å². The number of aromatic nitrogens is 3. The number of fused-ring (bicyclic) bond motifs is 1. The van der Waals surface area contributed by atoms with Crippen molar-refractivity contribution in [2.45, 2.75) is 0 Å². The molecule has 1 N–H and O–H groups in total. The van der Waals surface area contributed by atoms with Gasteiger partial charge in [0.1, 0.15) is 15.8 Å². The van der Waals surface area contributed by atoms with Crippen LogP contribution in [0.15, 0.2) is 16.9 Å². The number of aryl methyl sites for hydroxylation is 1. The summed E-state index contributed by atoms with van der Waals surface area (Å²) in [6.07, 6.45) is 1.45. The summed E-state index contributed by atoms with van der Waals surface area (Å²) < 4.78 is 2.37. The van der Waals surface area contributed by atoms with Crippen molar-refractivity contribution in [1.29, 1.82) is 0 Å². The second-order valence-electron chi connectivity index (χ2n) is 2.81. The molecule has 0 fully saturated rings. The summed E-state index contributed by atoms with van der Waals surface area (Å²) in [5, 5.41) is 13.6. The molecule has 14 heavy (non-hydrogen) atoms. The Bertz CT molecular complexity index is 521. The Balaban J connectivity index is 2.76. The van der Waals surface area contributed by atoms with Crippen molar-refractivity contribution < 1.29 is 9.90 Å². The summed E-state index contributed by atoms with van der Waals surface area (Å²) in [5.74, 6) is -1.04. The zero-order valence-corrected chi connectivity index (χ0v) is 8.82. The molecule has 0 aliphatic rings. The Morgan fingerprint density at radius 3 is 3.00 bits per heavy atom. The van der Waals surface area contributed by atoms with Crippen molar-refractivity contribution in [1.82, 2.24) is 14.8 Å². The van der Waals surface area contributed by atoms with Crippen LogP contribution in [0, 0.1) is 0 Å². The maximum absolute atomic E-state index is 10.7. The van der Waals surface area contributed by atoms with Gasteiger partial charge in [-0.3, -0.25) is 4.68 Å². The maximum atomic E-state index is 10.7. The smallest absolute Gasteiger partial charge is 0.354 e. The largest absolute Gasteiger partial charge is 0.477 e. The predicted octanol–water partition coefficient (Wildman–Crippen LogP) is 1.43. The van der Waals surface area contributed by atoms with Crippen LogP contribution in [0.2, 0.25) is 0 Å². The highest BCUT2D eigenvalue weighted by Gasteiger charge is 2.10. The Morgan fingerprint density at radius 2 is 2.36 bits per heavy atom. The SMILES string of the molecule is Cn1nc2cnc(C(=O)O)cc2c1Br. The highest BCUT2D eigenvalue weighted by Crippen LogP contribution is 2.22. The Hall–Kier alpha value is -1.43. The topological polar surface area (TPSA) is 68.0 Å². The molecule has 0 saturated heterocycles. The van der Waals surface area contributed by atoms with Crippen molar-refractivity contribution in [3.8, 4) is 0 Å². The van der Waals surface area contributed by atoms with E-state index >= 15 is 0 Å². The molecule has 6 heteroatoms. The van der Waals surface area contributed by atoms with Gasteiger partial charge < -0.3 is 5.11 Å². The Labute approximate surface area is 87.5 Å². The molecule has 0 aliphatic carbocycles. The van der Waals surface area contributed by atoms with Crippen LogP contribution in [0.3, 0.4) is 0 Å². The van der Waals surface area contributed by atoms with Gasteiger partial charge in [-0.25, -0.2) is 9.78 Å². The summed E-state index contributed by atoms with van der Waals surface area (Å²) >= 11 is 3.31. The van der Waals surface area contributed by atoms with Gasteiger partial charge in [0.05, 0.1) is 6.20 Å². The molecule has 2 aromatic rings. The molecule has 0 radical (unpaired) electrons. The van der Waals surface area contributed by atoms with E-state index in [9.17, 15) is 4.79 Å². The van der Waals surface area contributed by atoms with E-state index in [-0.39, 0.29) is 5.69 Å². The number of carbonyl (C=O) groups is 1. The summed E-state index contributed by atoms with van der Waals surface area (Å²) in [4.78, 5) is 14.4. The van der Waals surface area contributed by atoms with Crippen LogP contribution in [0.1, 0.15) is 10.5 Å². The number of carboxylic acid groups (broad SMARTS) is 1. The molecule has 0 amide bonds. The monoisotopic (exact) mass is 255 g/mol. The fraction of sp³-hybridized carbons (Fsp3) is 0.125. The van der Waals surface area contributed by atoms with Crippen LogP contribution in [-0.2, 0) is 7.05 Å². The van der Waals surface area contributed by atoms with Crippen LogP contribution in [-0.4, -0.2) is 25.8 Å². The lowest BCUT2D eigenvalue weighted by Crippen LogP contribution is -1.98. The average Bonchev–Trinajstić information content (AvgIpc) is 2.43. The van der Waals surface area contributed by atoms with Gasteiger partial charge in [0.25, 0.3) is 0 Å². The second kappa shape index (κ2) is 3.06. The van der Waals surface area contributed by atoms with Gasteiger partial charge in [-0.05, 0) is 22.0 Å². The minimum Gasteiger partial charge on any atom is -0.477 e. The number of carboxylic acids is 1. The molecule has 0 atom stereocenters. The van der Waals surface area contributed by atoms with Gasteiger partial charge in [-0.2, -0.15) is 5.10 Å². The molecule has 0 aliphatic heterocycles. The lowest BCUT2D eigenvalue weighted by Gasteiger charge is -1.92. The molecule has 2 rings (SSSR count). The van der Waals surface area contributed by atoms with E-state index < -0.39 is 5.97 Å². The lowest BCUT2D eigenvalue weighted by molar-refractivity contribution is 0.0691. The minimum atomic E-state index is -1.04. The lowest BCUT2D eigenvalue weighted by atomic mass is 10.3. The van der Waals surface area contributed by atoms with Crippen LogP contribution in [0.4, 0.5) is 0 Å². The van der Waals surface area contributed by atoms with Crippen LogP contribution in [0.5, 0.6) is 0 Å². The quantitative estimate of drug-likeness (QED) is 0.837. The minimum absolute atomic E-state index is 0.0196. The second-order valence-corrected chi connectivity index (χ2v) is 3.56. The molecule has 0 saturated carbocycles. The van der Waals surface area contributed by atoms with E-state index in [4.69, 9.17) is 5.11 Å². The third-order valence-electron chi connectivity index (χ3n) is 1.87. The van der Waals surface area contributed by atoms with E-state index in [1.807, 2.05) is 0 Å². The molecule has 2 aromatic heterocycles. The van der Waals surface area contributed by atoms with Crippen LogP contribution < -0.4 is 0 Å². The van der Waals surface area contributed by atoms with E-state index in [0.29, 0.717) is 5.52 Å². The first-order chi connectivity index (χ1) is 6.59. The molecule has 0 bridgehead atoms. The molecular weight excluding hydrogens is 250 g/mol. The van der Waals surface area contributed by atoms with E-state index in [1.54, 1.807) is 11.7 Å². The summed E-state index contributed by atoms with van der Waals surface area (Å²) in [6.45, 7) is 0. The van der Waals surface area contributed by atoms with Crippen LogP contribution >= 0.6 is 15.9 Å². The zero-order chi connectivity index (χ0) is 10.3. The molecular formula is C8H6BrN3O2. The zero-order valence-electron chi connectivity index (χ0n) is 7.23. The molecule has 2 heterocycles. The molecule has 0 unspecified atom stereocenters. The standard InChI is InChI=1S/C8H6BrN3O2/c1-12-7(9)4-2-5(8(13)14)10-3-6(4)11-12/h2-3H,1H3,(H,13,14). The number of nitrogens with zero attached hydrogens (tertiary/aromatic N) is 3. The average molecular weight is 256 g/mol. The van der Waals surface area contributed by atoms with Crippen molar-refractivity contribution in [3.05, 3.63) is 22.6 Å². The fourth-order valence-corrected chi connectivity index (χ4v) is 1.59. The molecule has 0 aromatic carbocycles. The summed E-state index contributed by atoms with van der Waals surface area (Å²) in [7, 11) is 1.77. The normalized spacial score (nSPS) is 10.7. The number of rotatable bonds is 1. The number of pyridine rings is 1. The van der Waals surface area contributed by atoms with E-state index in [0.717, 1.165) is 9.99 Å². The molecule has 72 valence electrons. The van der Waals surface area contributed by atoms with Crippen molar-refractivity contribution >= 4 is 32.8 Å². The van der Waals surface area contributed by atoms with E-state index in [2.05, 4.69) is 26.0 Å². The van der Waals surface area contributed by atoms with E-state index in [1.165, 1.54) is 12.3 Å². The van der Waals surface area contributed by atoms with Gasteiger partial charge >= 0.3 is 5.97 Å². The summed E-state index contributed by atoms with van der Waals surface area (Å²) in [5.41, 5.74) is 0.690. The first-order valence-corrected chi connectivity index (χ1v) is 4.60. The van der Waals surface area contributed by atoms with Crippen molar-refractivity contribution in [3.63, 3.8) is 0 Å². The van der Waals surface area contributed by atoms with Gasteiger partial charge in [0.2, 0.25) is 0 Å². The summed E-state index contributed by atoms with van der Waals surface area (Å²) in [6, 6.07) is 1.49. The number of hydrogen-bond acceptors (Lipinski definition) is 3. The van der Waals surface area contributed by atoms with Gasteiger partial charge in [-0.15, -0.1) is 0 Å². The highest BCUT2D eigenvalue weighted by atomic mass is 79.9. The predicted molar refractivity (Wildman–Crippen MR) is 53.2 cm³/mol. The maximum Gasteiger partial charge on any atom is 0.354 e. The number of hydrogen-bond donors (Lipinski definition) is 1. The van der Waals surface area contributed by atoms with Crippen LogP contribution in [0.25, 0.3) is 10.9 Å². The first-order valence-electron chi connectivity index (χ1n) is 3.81. The molecule has 0 spiro atoms. The molecule has 5 nitrogen and oxygen atoms in total. The number of aromatic carboxylic acids is 1. The Morgan fingerprint density at radius 1 is 1.64 bits per heavy atom. The van der Waals surface area contributed by atoms with Gasteiger partial charge in [0.15, 0.2) is 0 Å². The Kier molecular flexibility index (Phi) is 1.99. The number of halogens is 1. The fourth-order valence-electron chi connectivity index (χ4n) is 1.19. The van der Waals surface area contributed by atoms with Crippen molar-refractivity contribution in [2.75, 3.05) is 0 Å². The highest BCUT2D eigenvalue weighted by molar-refractivity contribution is 9.10. The van der Waals surface area contributed by atoms with Crippen molar-refractivity contribution in [2.24, 2.45) is 7.05 Å². The first kappa shape index (κ1) is 9.14. The third kappa shape index (κ3) is 1.27. The third-order valence-corrected chi connectivity index (χ3v) is 2.81.